The van der Waals surface area contributed by atoms with Crippen molar-refractivity contribution in [3.8, 4) is 0 Å². The van der Waals surface area contributed by atoms with Gasteiger partial charge in [-0.3, -0.25) is 15.1 Å². The van der Waals surface area contributed by atoms with Crippen LogP contribution in [0.15, 0.2) is 10.5 Å². The second-order valence-electron chi connectivity index (χ2n) is 5.62. The molecule has 0 aliphatic carbocycles. The van der Waals surface area contributed by atoms with Crippen LogP contribution in [0.1, 0.15) is 34.7 Å². The Morgan fingerprint density at radius 2 is 2.20 bits per heavy atom. The lowest BCUT2D eigenvalue weighted by Gasteiger charge is -2.35. The molecule has 1 amide bonds. The number of nitrogens with zero attached hydrogens (tertiary/aromatic N) is 2. The van der Waals surface area contributed by atoms with E-state index in [1.54, 1.807) is 6.07 Å². The van der Waals surface area contributed by atoms with Crippen molar-refractivity contribution in [2.45, 2.75) is 32.4 Å². The van der Waals surface area contributed by atoms with Crippen LogP contribution in [-0.2, 0) is 6.54 Å². The van der Waals surface area contributed by atoms with Crippen molar-refractivity contribution in [3.05, 3.63) is 23.2 Å². The Morgan fingerprint density at radius 3 is 2.80 bits per heavy atom. The van der Waals surface area contributed by atoms with E-state index in [-0.39, 0.29) is 11.7 Å². The summed E-state index contributed by atoms with van der Waals surface area (Å²) in [4.78, 5) is 16.2. The fraction of sp³-hybridized carbons (Fsp3) is 0.643. The number of aryl methyl sites for hydroxylation is 1. The topological polar surface area (TPSA) is 74.7 Å². The molecule has 0 radical (unpaired) electrons. The van der Waals surface area contributed by atoms with E-state index in [9.17, 15) is 4.79 Å². The van der Waals surface area contributed by atoms with Crippen molar-refractivity contribution in [1.29, 1.82) is 0 Å². The number of likely N-dealkylation sites (tertiary alicyclic amines) is 1. The molecule has 1 fully saturated rings. The van der Waals surface area contributed by atoms with Crippen LogP contribution in [0, 0.1) is 6.92 Å². The molecule has 1 aliphatic heterocycles. The predicted molar refractivity (Wildman–Crippen MR) is 77.1 cm³/mol. The summed E-state index contributed by atoms with van der Waals surface area (Å²) in [5.41, 5.74) is 3.14. The van der Waals surface area contributed by atoms with E-state index in [1.807, 2.05) is 6.92 Å². The third kappa shape index (κ3) is 3.39. The highest BCUT2D eigenvalue weighted by molar-refractivity contribution is 5.91. The van der Waals surface area contributed by atoms with Crippen LogP contribution in [0.3, 0.4) is 0 Å². The van der Waals surface area contributed by atoms with Crippen LogP contribution in [-0.4, -0.2) is 48.9 Å². The standard InChI is InChI=1S/C14H24N4O2/c1-10-11(8-13(20-10)14(19)16-15)9-18(3)12-4-6-17(2)7-5-12/h8,12H,4-7,9,15H2,1-3H3,(H,16,19). The minimum Gasteiger partial charge on any atom is -0.456 e. The summed E-state index contributed by atoms with van der Waals surface area (Å²) >= 11 is 0. The number of carbonyl (C=O) groups excluding carboxylic acids is 1. The highest BCUT2D eigenvalue weighted by Gasteiger charge is 2.22. The molecule has 0 aromatic carbocycles. The average molecular weight is 280 g/mol. The van der Waals surface area contributed by atoms with Crippen molar-refractivity contribution in [2.75, 3.05) is 27.2 Å². The quantitative estimate of drug-likeness (QED) is 0.483. The number of nitrogens with two attached hydrogens (primary N) is 1. The predicted octanol–water partition coefficient (Wildman–Crippen LogP) is 0.718. The van der Waals surface area contributed by atoms with Gasteiger partial charge in [0.15, 0.2) is 5.76 Å². The van der Waals surface area contributed by atoms with Gasteiger partial charge >= 0.3 is 5.91 Å². The molecule has 20 heavy (non-hydrogen) atoms. The summed E-state index contributed by atoms with van der Waals surface area (Å²) in [6, 6.07) is 2.37. The molecular weight excluding hydrogens is 256 g/mol. The Balaban J connectivity index is 1.99. The SMILES string of the molecule is Cc1oc(C(=O)NN)cc1CN(C)C1CCN(C)CC1. The number of nitrogen functional groups attached to an aromatic ring is 1. The van der Waals surface area contributed by atoms with Gasteiger partial charge in [0.2, 0.25) is 0 Å². The molecule has 0 saturated carbocycles. The second-order valence-corrected chi connectivity index (χ2v) is 5.62. The molecule has 0 atom stereocenters. The molecule has 2 rings (SSSR count). The Labute approximate surface area is 119 Å². The normalized spacial score (nSPS) is 17.6. The lowest BCUT2D eigenvalue weighted by Crippen LogP contribution is -2.41. The first-order valence-corrected chi connectivity index (χ1v) is 7.00. The molecule has 0 spiro atoms. The zero-order chi connectivity index (χ0) is 14.7. The van der Waals surface area contributed by atoms with E-state index in [4.69, 9.17) is 10.3 Å². The fourth-order valence-electron chi connectivity index (χ4n) is 2.69. The Bertz CT molecular complexity index is 464. The van der Waals surface area contributed by atoms with Crippen LogP contribution < -0.4 is 11.3 Å². The summed E-state index contributed by atoms with van der Waals surface area (Å²) in [5.74, 6) is 5.79. The summed E-state index contributed by atoms with van der Waals surface area (Å²) in [6.07, 6.45) is 2.36. The van der Waals surface area contributed by atoms with Gasteiger partial charge < -0.3 is 9.32 Å². The number of hydrazine groups is 1. The van der Waals surface area contributed by atoms with Gasteiger partial charge in [-0.05, 0) is 53.0 Å². The van der Waals surface area contributed by atoms with Gasteiger partial charge in [0.1, 0.15) is 5.76 Å². The summed E-state index contributed by atoms with van der Waals surface area (Å²) < 4.78 is 5.45. The molecule has 0 unspecified atom stereocenters. The van der Waals surface area contributed by atoms with E-state index in [0.29, 0.717) is 6.04 Å². The number of nitrogens with one attached hydrogen (secondary N) is 1. The largest absolute Gasteiger partial charge is 0.456 e. The molecule has 1 aromatic rings. The first-order chi connectivity index (χ1) is 9.51. The molecule has 1 aliphatic rings. The number of rotatable bonds is 4. The van der Waals surface area contributed by atoms with Gasteiger partial charge in [-0.2, -0.15) is 0 Å². The zero-order valence-electron chi connectivity index (χ0n) is 12.5. The molecular formula is C14H24N4O2. The monoisotopic (exact) mass is 280 g/mol. The van der Waals surface area contributed by atoms with Crippen molar-refractivity contribution < 1.29 is 9.21 Å². The van der Waals surface area contributed by atoms with Gasteiger partial charge in [-0.1, -0.05) is 0 Å². The van der Waals surface area contributed by atoms with Gasteiger partial charge in [-0.25, -0.2) is 5.84 Å². The van der Waals surface area contributed by atoms with Crippen LogP contribution in [0.25, 0.3) is 0 Å². The number of furan rings is 1. The lowest BCUT2D eigenvalue weighted by molar-refractivity contribution is 0.0924. The van der Waals surface area contributed by atoms with Crippen molar-refractivity contribution in [3.63, 3.8) is 0 Å². The third-order valence-electron chi connectivity index (χ3n) is 4.11. The highest BCUT2D eigenvalue weighted by Crippen LogP contribution is 2.20. The number of carbonyl (C=O) groups is 1. The van der Waals surface area contributed by atoms with E-state index < -0.39 is 0 Å². The minimum atomic E-state index is -0.388. The van der Waals surface area contributed by atoms with E-state index in [0.717, 1.165) is 31.0 Å². The number of piperidine rings is 1. The second kappa shape index (κ2) is 6.39. The van der Waals surface area contributed by atoms with Gasteiger partial charge in [-0.15, -0.1) is 0 Å². The zero-order valence-corrected chi connectivity index (χ0v) is 12.5. The average Bonchev–Trinajstić information content (AvgIpc) is 2.80. The van der Waals surface area contributed by atoms with Crippen LogP contribution >= 0.6 is 0 Å². The van der Waals surface area contributed by atoms with Crippen molar-refractivity contribution >= 4 is 5.91 Å². The molecule has 0 bridgehead atoms. The van der Waals surface area contributed by atoms with Crippen molar-refractivity contribution in [1.82, 2.24) is 15.2 Å². The molecule has 2 heterocycles. The first-order valence-electron chi connectivity index (χ1n) is 7.00. The Hall–Kier alpha value is -1.37. The maximum Gasteiger partial charge on any atom is 0.300 e. The van der Waals surface area contributed by atoms with Crippen LogP contribution in [0.2, 0.25) is 0 Å². The Morgan fingerprint density at radius 1 is 1.55 bits per heavy atom. The fourth-order valence-corrected chi connectivity index (χ4v) is 2.69. The molecule has 3 N–H and O–H groups in total. The van der Waals surface area contributed by atoms with Gasteiger partial charge in [0.05, 0.1) is 0 Å². The van der Waals surface area contributed by atoms with E-state index in [1.165, 1.54) is 12.8 Å². The van der Waals surface area contributed by atoms with E-state index >= 15 is 0 Å². The number of hydrogen-bond donors (Lipinski definition) is 2. The molecule has 112 valence electrons. The number of amides is 1. The molecule has 6 heteroatoms. The minimum absolute atomic E-state index is 0.275. The molecule has 1 saturated heterocycles. The summed E-state index contributed by atoms with van der Waals surface area (Å²) in [6.45, 7) is 4.95. The highest BCUT2D eigenvalue weighted by atomic mass is 16.4. The van der Waals surface area contributed by atoms with Gasteiger partial charge in [0, 0.05) is 18.2 Å². The van der Waals surface area contributed by atoms with Crippen molar-refractivity contribution in [2.24, 2.45) is 5.84 Å². The van der Waals surface area contributed by atoms with Gasteiger partial charge in [0.25, 0.3) is 0 Å². The molecule has 1 aromatic heterocycles. The Kier molecular flexibility index (Phi) is 4.80. The third-order valence-corrected chi connectivity index (χ3v) is 4.11. The maximum atomic E-state index is 11.5. The smallest absolute Gasteiger partial charge is 0.300 e. The maximum absolute atomic E-state index is 11.5. The van der Waals surface area contributed by atoms with E-state index in [2.05, 4.69) is 29.3 Å². The first kappa shape index (κ1) is 15.0. The molecule has 6 nitrogen and oxygen atoms in total. The van der Waals surface area contributed by atoms with Crippen LogP contribution in [0.5, 0.6) is 0 Å². The summed E-state index contributed by atoms with van der Waals surface area (Å²) in [7, 11) is 4.29. The number of hydrogen-bond acceptors (Lipinski definition) is 5. The lowest BCUT2D eigenvalue weighted by atomic mass is 10.0. The van der Waals surface area contributed by atoms with Crippen LogP contribution in [0.4, 0.5) is 0 Å². The summed E-state index contributed by atoms with van der Waals surface area (Å²) in [5, 5.41) is 0.